The van der Waals surface area contributed by atoms with E-state index in [-0.39, 0.29) is 36.6 Å². The number of aliphatic carboxylic acids is 1. The summed E-state index contributed by atoms with van der Waals surface area (Å²) in [7, 11) is 0. The molecule has 6 heteroatoms. The van der Waals surface area contributed by atoms with Crippen LogP contribution in [0.25, 0.3) is 0 Å². The van der Waals surface area contributed by atoms with Gasteiger partial charge in [-0.1, -0.05) is 71.4 Å². The van der Waals surface area contributed by atoms with E-state index >= 15 is 0 Å². The van der Waals surface area contributed by atoms with Crippen molar-refractivity contribution in [1.82, 2.24) is 0 Å². The second kappa shape index (κ2) is 15.5. The van der Waals surface area contributed by atoms with Crippen molar-refractivity contribution in [1.29, 1.82) is 0 Å². The quantitative estimate of drug-likeness (QED) is 0.171. The average Bonchev–Trinajstić information content (AvgIpc) is 3.21. The van der Waals surface area contributed by atoms with E-state index in [1.165, 1.54) is 44.1 Å². The maximum atomic E-state index is 12.6. The van der Waals surface area contributed by atoms with Gasteiger partial charge in [-0.3, -0.25) is 4.79 Å². The van der Waals surface area contributed by atoms with Gasteiger partial charge in [0.15, 0.2) is 6.61 Å². The maximum Gasteiger partial charge on any atom is 0.341 e. The minimum atomic E-state index is -0.979. The fraction of sp³-hybridized carbons (Fsp3) is 0.750. The highest BCUT2D eigenvalue weighted by Gasteiger charge is 2.45. The van der Waals surface area contributed by atoms with Crippen molar-refractivity contribution in [3.8, 4) is 5.75 Å². The van der Waals surface area contributed by atoms with Crippen molar-refractivity contribution < 1.29 is 29.3 Å². The zero-order chi connectivity index (χ0) is 27.5. The van der Waals surface area contributed by atoms with Gasteiger partial charge < -0.3 is 19.7 Å². The van der Waals surface area contributed by atoms with Crippen LogP contribution in [0.5, 0.6) is 5.75 Å². The molecule has 1 aromatic rings. The van der Waals surface area contributed by atoms with Crippen molar-refractivity contribution in [3.63, 3.8) is 0 Å². The predicted octanol–water partition coefficient (Wildman–Crippen LogP) is 6.74. The molecule has 214 valence electrons. The molecule has 38 heavy (non-hydrogen) atoms. The summed E-state index contributed by atoms with van der Waals surface area (Å²) in [6, 6.07) is 5.90. The van der Waals surface area contributed by atoms with E-state index in [4.69, 9.17) is 14.6 Å². The van der Waals surface area contributed by atoms with E-state index in [1.807, 2.05) is 26.0 Å². The van der Waals surface area contributed by atoms with Gasteiger partial charge in [-0.2, -0.15) is 0 Å². The van der Waals surface area contributed by atoms with Crippen molar-refractivity contribution >= 4 is 11.9 Å². The molecule has 0 unspecified atom stereocenters. The molecule has 6 atom stereocenters. The summed E-state index contributed by atoms with van der Waals surface area (Å²) in [5, 5.41) is 20.1. The molecule has 0 saturated heterocycles. The normalized spacial score (nSPS) is 23.8. The molecule has 1 fully saturated rings. The lowest BCUT2D eigenvalue weighted by molar-refractivity contribution is -0.154. The maximum absolute atomic E-state index is 12.6. The lowest BCUT2D eigenvalue weighted by Crippen LogP contribution is -2.29. The summed E-state index contributed by atoms with van der Waals surface area (Å²) in [5.74, 6) is 0.445. The largest absolute Gasteiger partial charge is 0.482 e. The molecule has 3 rings (SSSR count). The van der Waals surface area contributed by atoms with Gasteiger partial charge in [0.1, 0.15) is 11.9 Å². The Kier molecular flexibility index (Phi) is 12.4. The smallest absolute Gasteiger partial charge is 0.341 e. The van der Waals surface area contributed by atoms with Crippen LogP contribution in [0.1, 0.15) is 109 Å². The molecule has 0 aliphatic heterocycles. The second-order valence-corrected chi connectivity index (χ2v) is 11.7. The first-order valence-corrected chi connectivity index (χ1v) is 15.2. The molecule has 1 saturated carbocycles. The predicted molar refractivity (Wildman–Crippen MR) is 149 cm³/mol. The van der Waals surface area contributed by atoms with Crippen LogP contribution >= 0.6 is 0 Å². The van der Waals surface area contributed by atoms with Crippen LogP contribution in [-0.2, 0) is 27.2 Å². The second-order valence-electron chi connectivity index (χ2n) is 11.7. The molecule has 0 radical (unpaired) electrons. The molecule has 2 aliphatic rings. The summed E-state index contributed by atoms with van der Waals surface area (Å²) in [6.07, 6.45) is 14.0. The van der Waals surface area contributed by atoms with Gasteiger partial charge in [-0.05, 0) is 86.3 Å². The number of fused-ring (bicyclic) bond motifs is 2. The van der Waals surface area contributed by atoms with Crippen molar-refractivity contribution in [2.24, 2.45) is 23.7 Å². The summed E-state index contributed by atoms with van der Waals surface area (Å²) in [4.78, 5) is 23.6. The van der Waals surface area contributed by atoms with E-state index < -0.39 is 5.97 Å². The van der Waals surface area contributed by atoms with Gasteiger partial charge in [0.05, 0.1) is 12.0 Å². The Morgan fingerprint density at radius 2 is 1.76 bits per heavy atom. The number of esters is 1. The number of carboxylic acids is 1. The van der Waals surface area contributed by atoms with E-state index in [0.29, 0.717) is 17.6 Å². The third-order valence-corrected chi connectivity index (χ3v) is 8.95. The molecule has 2 aliphatic carbocycles. The molecule has 1 aromatic carbocycles. The summed E-state index contributed by atoms with van der Waals surface area (Å²) in [6.45, 7) is 5.85. The molecule has 0 spiro atoms. The third-order valence-electron chi connectivity index (χ3n) is 8.95. The Morgan fingerprint density at radius 1 is 1.03 bits per heavy atom. The highest BCUT2D eigenvalue weighted by atomic mass is 16.5. The fourth-order valence-electron chi connectivity index (χ4n) is 6.50. The van der Waals surface area contributed by atoms with Gasteiger partial charge >= 0.3 is 11.9 Å². The number of aliphatic hydroxyl groups is 1. The van der Waals surface area contributed by atoms with Crippen LogP contribution in [0.3, 0.4) is 0 Å². The fourth-order valence-corrected chi connectivity index (χ4v) is 6.50. The number of carboxylic acid groups (broad SMARTS) is 1. The van der Waals surface area contributed by atoms with Gasteiger partial charge in [0.25, 0.3) is 0 Å². The zero-order valence-corrected chi connectivity index (χ0v) is 23.8. The van der Waals surface area contributed by atoms with Crippen molar-refractivity contribution in [2.75, 3.05) is 6.61 Å². The number of unbranched alkanes of at least 4 members (excludes halogenated alkanes) is 6. The average molecular weight is 531 g/mol. The van der Waals surface area contributed by atoms with Gasteiger partial charge in [-0.25, -0.2) is 4.79 Å². The Bertz CT molecular complexity index is 883. The molecule has 0 aromatic heterocycles. The third kappa shape index (κ3) is 8.72. The van der Waals surface area contributed by atoms with Crippen LogP contribution in [0.2, 0.25) is 0 Å². The molecule has 2 N–H and O–H groups in total. The number of carbonyl (C=O) groups excluding carboxylic acids is 1. The first kappa shape index (κ1) is 30.5. The van der Waals surface area contributed by atoms with Crippen LogP contribution in [0.4, 0.5) is 0 Å². The van der Waals surface area contributed by atoms with Gasteiger partial charge in [0, 0.05) is 0 Å². The Hall–Kier alpha value is -2.08. The monoisotopic (exact) mass is 530 g/mol. The Morgan fingerprint density at radius 3 is 2.47 bits per heavy atom. The lowest BCUT2D eigenvalue weighted by Gasteiger charge is -2.33. The highest BCUT2D eigenvalue weighted by Crippen LogP contribution is 2.48. The Balaban J connectivity index is 1.59. The number of aliphatic hydroxyl groups excluding tert-OH is 1. The van der Waals surface area contributed by atoms with Crippen LogP contribution in [0, 0.1) is 23.7 Å². The number of hydrogen-bond donors (Lipinski definition) is 2. The summed E-state index contributed by atoms with van der Waals surface area (Å²) >= 11 is 0. The lowest BCUT2D eigenvalue weighted by atomic mass is 9.73. The SMILES string of the molecule is CCCCCCCCC[C@@H](CC[C@@H]1[C@H]2Cc3cccc(OCC(=O)O)c3C[C@H]2C[C@H]1O)OC(=O)[C@H](C)CC. The van der Waals surface area contributed by atoms with Crippen LogP contribution < -0.4 is 4.74 Å². The minimum Gasteiger partial charge on any atom is -0.482 e. The van der Waals surface area contributed by atoms with E-state index in [2.05, 4.69) is 13.0 Å². The van der Waals surface area contributed by atoms with Crippen molar-refractivity contribution in [3.05, 3.63) is 29.3 Å². The first-order valence-electron chi connectivity index (χ1n) is 15.2. The molecule has 0 heterocycles. The van der Waals surface area contributed by atoms with Crippen LogP contribution in [-0.4, -0.2) is 41.0 Å². The van der Waals surface area contributed by atoms with Gasteiger partial charge in [0.2, 0.25) is 0 Å². The first-order chi connectivity index (χ1) is 18.3. The van der Waals surface area contributed by atoms with E-state index in [9.17, 15) is 14.7 Å². The van der Waals surface area contributed by atoms with Crippen molar-refractivity contribution in [2.45, 2.75) is 123 Å². The molecular weight excluding hydrogens is 480 g/mol. The van der Waals surface area contributed by atoms with E-state index in [1.54, 1.807) is 0 Å². The molecular formula is C32H50O6. The zero-order valence-electron chi connectivity index (χ0n) is 23.8. The minimum absolute atomic E-state index is 0.0784. The molecule has 0 amide bonds. The summed E-state index contributed by atoms with van der Waals surface area (Å²) < 4.78 is 11.6. The summed E-state index contributed by atoms with van der Waals surface area (Å²) in [5.41, 5.74) is 2.30. The van der Waals surface area contributed by atoms with Crippen LogP contribution in [0.15, 0.2) is 18.2 Å². The number of carbonyl (C=O) groups is 2. The number of ether oxygens (including phenoxy) is 2. The standard InChI is InChI=1S/C32H50O6/c1-4-6-7-8-9-10-11-14-25(38-32(36)22(3)5-2)16-17-26-27-18-23-13-12-15-30(37-21-31(34)35)28(23)19-24(27)20-29(26)33/h12-13,15,22,24-27,29,33H,4-11,14,16-21H2,1-3H3,(H,34,35)/t22-,24+,25+,26-,27+,29-/m1/s1. The molecule has 6 nitrogen and oxygen atoms in total. The topological polar surface area (TPSA) is 93.1 Å². The number of hydrogen-bond acceptors (Lipinski definition) is 5. The number of rotatable bonds is 17. The molecule has 0 bridgehead atoms. The van der Waals surface area contributed by atoms with E-state index in [0.717, 1.165) is 56.9 Å². The highest BCUT2D eigenvalue weighted by molar-refractivity contribution is 5.72. The number of benzene rings is 1. The Labute approximate surface area is 229 Å². The van der Waals surface area contributed by atoms with Gasteiger partial charge in [-0.15, -0.1) is 0 Å².